The van der Waals surface area contributed by atoms with Crippen molar-refractivity contribution >= 4 is 16.1 Å². The average Bonchev–Trinajstić information content (AvgIpc) is 2.01. The third-order valence-electron chi connectivity index (χ3n) is 1.74. The molecule has 0 aromatic rings. The average molecular weight is 263 g/mol. The van der Waals surface area contributed by atoms with Crippen LogP contribution >= 0.6 is 0 Å². The van der Waals surface area contributed by atoms with Crippen LogP contribution in [0.3, 0.4) is 0 Å². The summed E-state index contributed by atoms with van der Waals surface area (Å²) in [5.74, 6) is -0.824. The van der Waals surface area contributed by atoms with Crippen LogP contribution in [0, 0.1) is 0 Å². The largest absolute Gasteiger partial charge is 1.00 e. The standard InChI is InChI=1S/C9H18O4S.H3N.Na.H/c1-3-4-5-6-7-8-14(11,12)13-9(2)10;;;/h3-8H2,1-2H3;1H3;;/q;;+1;-1. The van der Waals surface area contributed by atoms with Gasteiger partial charge in [-0.25, -0.2) is 0 Å². The van der Waals surface area contributed by atoms with Crippen molar-refractivity contribution in [2.45, 2.75) is 46.0 Å². The predicted molar refractivity (Wildman–Crippen MR) is 60.4 cm³/mol. The molecule has 3 N–H and O–H groups in total. The van der Waals surface area contributed by atoms with E-state index in [0.717, 1.165) is 32.6 Å². The Kier molecular flexibility index (Phi) is 16.0. The normalized spacial score (nSPS) is 9.88. The molecule has 0 heterocycles. The minimum Gasteiger partial charge on any atom is -1.00 e. The molecule has 0 saturated carbocycles. The second-order valence-corrected chi connectivity index (χ2v) is 4.94. The maximum Gasteiger partial charge on any atom is 1.00 e. The van der Waals surface area contributed by atoms with Gasteiger partial charge in [-0.1, -0.05) is 32.6 Å². The van der Waals surface area contributed by atoms with Crippen LogP contribution in [0.15, 0.2) is 0 Å². The van der Waals surface area contributed by atoms with Gasteiger partial charge in [0.15, 0.2) is 0 Å². The molecule has 0 aliphatic carbocycles. The molecule has 0 bridgehead atoms. The predicted octanol–water partition coefficient (Wildman–Crippen LogP) is -0.872. The molecule has 0 rings (SSSR count). The van der Waals surface area contributed by atoms with Crippen molar-refractivity contribution in [3.8, 4) is 0 Å². The monoisotopic (exact) mass is 263 g/mol. The van der Waals surface area contributed by atoms with Gasteiger partial charge in [0.25, 0.3) is 0 Å². The van der Waals surface area contributed by atoms with E-state index in [1.54, 1.807) is 0 Å². The first-order valence-corrected chi connectivity index (χ1v) is 6.48. The van der Waals surface area contributed by atoms with E-state index in [2.05, 4.69) is 11.1 Å². The van der Waals surface area contributed by atoms with Crippen molar-refractivity contribution in [1.82, 2.24) is 6.15 Å². The fourth-order valence-corrected chi connectivity index (χ4v) is 2.10. The Morgan fingerprint density at radius 1 is 1.19 bits per heavy atom. The topological polar surface area (TPSA) is 95.4 Å². The summed E-state index contributed by atoms with van der Waals surface area (Å²) < 4.78 is 26.2. The van der Waals surface area contributed by atoms with Crippen molar-refractivity contribution in [3.05, 3.63) is 0 Å². The van der Waals surface area contributed by atoms with Crippen molar-refractivity contribution < 1.29 is 48.4 Å². The van der Waals surface area contributed by atoms with Gasteiger partial charge in [0.1, 0.15) is 0 Å². The Morgan fingerprint density at radius 3 is 2.12 bits per heavy atom. The molecule has 0 radical (unpaired) electrons. The van der Waals surface area contributed by atoms with Crippen molar-refractivity contribution in [2.75, 3.05) is 5.75 Å². The van der Waals surface area contributed by atoms with Crippen LogP contribution in [-0.4, -0.2) is 20.1 Å². The zero-order valence-corrected chi connectivity index (χ0v) is 13.3. The molecule has 16 heavy (non-hydrogen) atoms. The molecule has 0 unspecified atom stereocenters. The van der Waals surface area contributed by atoms with Gasteiger partial charge in [0.05, 0.1) is 5.75 Å². The zero-order chi connectivity index (χ0) is 11.0. The molecule has 0 atom stereocenters. The van der Waals surface area contributed by atoms with Crippen molar-refractivity contribution in [1.29, 1.82) is 0 Å². The summed E-state index contributed by atoms with van der Waals surface area (Å²) in [6.45, 7) is 3.18. The van der Waals surface area contributed by atoms with Gasteiger partial charge in [0, 0.05) is 6.92 Å². The summed E-state index contributed by atoms with van der Waals surface area (Å²) in [4.78, 5) is 10.4. The minimum atomic E-state index is -3.62. The van der Waals surface area contributed by atoms with Gasteiger partial charge in [0.2, 0.25) is 0 Å². The van der Waals surface area contributed by atoms with E-state index in [1.165, 1.54) is 0 Å². The third kappa shape index (κ3) is 14.4. The Hall–Kier alpha value is 0.380. The van der Waals surface area contributed by atoms with E-state index in [-0.39, 0.29) is 42.9 Å². The van der Waals surface area contributed by atoms with Crippen LogP contribution in [0.1, 0.15) is 47.4 Å². The van der Waals surface area contributed by atoms with Crippen LogP contribution < -0.4 is 35.7 Å². The van der Waals surface area contributed by atoms with Crippen molar-refractivity contribution in [2.24, 2.45) is 0 Å². The number of hydrogen-bond donors (Lipinski definition) is 1. The first-order valence-electron chi connectivity index (χ1n) is 4.90. The van der Waals surface area contributed by atoms with Crippen LogP contribution in [0.5, 0.6) is 0 Å². The van der Waals surface area contributed by atoms with E-state index in [9.17, 15) is 13.2 Å². The van der Waals surface area contributed by atoms with Gasteiger partial charge in [-0.3, -0.25) is 4.79 Å². The van der Waals surface area contributed by atoms with E-state index in [1.807, 2.05) is 0 Å². The summed E-state index contributed by atoms with van der Waals surface area (Å²) in [5, 5.41) is 0. The summed E-state index contributed by atoms with van der Waals surface area (Å²) in [6.07, 6.45) is 4.71. The van der Waals surface area contributed by atoms with Crippen LogP contribution in [0.25, 0.3) is 0 Å². The Labute approximate surface area is 122 Å². The maximum atomic E-state index is 11.0. The zero-order valence-electron chi connectivity index (χ0n) is 11.5. The molecule has 0 aromatic heterocycles. The van der Waals surface area contributed by atoms with E-state index >= 15 is 0 Å². The minimum absolute atomic E-state index is 0. The maximum absolute atomic E-state index is 11.0. The summed E-state index contributed by atoms with van der Waals surface area (Å²) in [7, 11) is -3.62. The molecular weight excluding hydrogens is 241 g/mol. The van der Waals surface area contributed by atoms with Gasteiger partial charge in [-0.15, -0.1) is 0 Å². The van der Waals surface area contributed by atoms with E-state index in [0.29, 0.717) is 6.42 Å². The molecular formula is C9H22NNaO4S. The molecule has 0 fully saturated rings. The first-order chi connectivity index (χ1) is 6.48. The van der Waals surface area contributed by atoms with Crippen LogP contribution in [0.2, 0.25) is 0 Å². The second-order valence-electron chi connectivity index (χ2n) is 3.25. The summed E-state index contributed by atoms with van der Waals surface area (Å²) in [5.41, 5.74) is 0. The summed E-state index contributed by atoms with van der Waals surface area (Å²) >= 11 is 0. The molecule has 5 nitrogen and oxygen atoms in total. The Morgan fingerprint density at radius 2 is 1.69 bits per heavy atom. The smallest absolute Gasteiger partial charge is 1.00 e. The second kappa shape index (κ2) is 11.9. The molecule has 0 amide bonds. The molecule has 0 aliphatic rings. The van der Waals surface area contributed by atoms with Crippen LogP contribution in [0.4, 0.5) is 0 Å². The molecule has 0 aromatic carbocycles. The number of rotatable bonds is 7. The number of carbonyl (C=O) groups is 1. The van der Waals surface area contributed by atoms with E-state index < -0.39 is 16.1 Å². The van der Waals surface area contributed by atoms with Gasteiger partial charge in [-0.2, -0.15) is 8.42 Å². The van der Waals surface area contributed by atoms with Gasteiger partial charge < -0.3 is 11.8 Å². The first kappa shape index (κ1) is 21.6. The Bertz CT molecular complexity index is 272. The molecule has 7 heteroatoms. The summed E-state index contributed by atoms with van der Waals surface area (Å²) in [6, 6.07) is 0. The SMILES string of the molecule is CCCCCCCS(=O)(=O)OC(C)=O.N.[H-].[Na+]. The number of unbranched alkanes of at least 4 members (excludes halogenated alkanes) is 4. The number of hydrogen-bond acceptors (Lipinski definition) is 5. The van der Waals surface area contributed by atoms with Crippen LogP contribution in [-0.2, 0) is 19.1 Å². The van der Waals surface area contributed by atoms with Gasteiger partial charge in [-0.05, 0) is 6.42 Å². The quantitative estimate of drug-likeness (QED) is 0.366. The third-order valence-corrected chi connectivity index (χ3v) is 3.02. The van der Waals surface area contributed by atoms with Crippen molar-refractivity contribution in [3.63, 3.8) is 0 Å². The number of carbonyl (C=O) groups excluding carboxylic acids is 1. The molecule has 0 spiro atoms. The fraction of sp³-hybridized carbons (Fsp3) is 0.889. The molecule has 94 valence electrons. The van der Waals surface area contributed by atoms with E-state index in [4.69, 9.17) is 0 Å². The van der Waals surface area contributed by atoms with Gasteiger partial charge >= 0.3 is 45.6 Å². The Balaban J connectivity index is -0.000000282. The molecule has 0 saturated heterocycles. The molecule has 0 aliphatic heterocycles. The fourth-order valence-electron chi connectivity index (χ4n) is 1.10.